The zero-order valence-electron chi connectivity index (χ0n) is 12.3. The fourth-order valence-electron chi connectivity index (χ4n) is 3.15. The lowest BCUT2D eigenvalue weighted by Gasteiger charge is -2.34. The van der Waals surface area contributed by atoms with E-state index in [1.54, 1.807) is 0 Å². The van der Waals surface area contributed by atoms with Crippen LogP contribution in [0.1, 0.15) is 12.5 Å². The summed E-state index contributed by atoms with van der Waals surface area (Å²) < 4.78 is 5.46. The minimum absolute atomic E-state index is 0.597. The minimum Gasteiger partial charge on any atom is -0.378 e. The first-order valence-electron chi connectivity index (χ1n) is 7.69. The molecule has 0 aromatic heterocycles. The summed E-state index contributed by atoms with van der Waals surface area (Å²) in [5.74, 6) is 0. The Bertz CT molecular complexity index is 431. The van der Waals surface area contributed by atoms with Crippen LogP contribution in [0.2, 0.25) is 0 Å². The molecule has 1 aromatic carbocycles. The quantitative estimate of drug-likeness (QED) is 0.900. The fourth-order valence-corrected chi connectivity index (χ4v) is 3.15. The molecule has 2 fully saturated rings. The van der Waals surface area contributed by atoms with Crippen LogP contribution in [0.25, 0.3) is 0 Å². The van der Waals surface area contributed by atoms with Crippen LogP contribution in [0.15, 0.2) is 24.3 Å². The molecule has 20 heavy (non-hydrogen) atoms. The van der Waals surface area contributed by atoms with Gasteiger partial charge in [-0.15, -0.1) is 0 Å². The van der Waals surface area contributed by atoms with Gasteiger partial charge in [-0.2, -0.15) is 0 Å². The van der Waals surface area contributed by atoms with Gasteiger partial charge in [-0.05, 0) is 18.6 Å². The van der Waals surface area contributed by atoms with Gasteiger partial charge in [-0.1, -0.05) is 18.2 Å². The van der Waals surface area contributed by atoms with E-state index in [4.69, 9.17) is 4.74 Å². The molecular formula is C16H25N3O. The van der Waals surface area contributed by atoms with E-state index < -0.39 is 0 Å². The highest BCUT2D eigenvalue weighted by Crippen LogP contribution is 2.23. The molecule has 3 rings (SSSR count). The highest BCUT2D eigenvalue weighted by Gasteiger charge is 2.19. The van der Waals surface area contributed by atoms with Crippen molar-refractivity contribution in [3.8, 4) is 0 Å². The molecule has 2 aliphatic rings. The SMILES string of the molecule is C[C@@H]1CN(Cc2ccccc2N2CCOCC2)CCN1. The third kappa shape index (κ3) is 3.32. The predicted molar refractivity (Wildman–Crippen MR) is 82.2 cm³/mol. The summed E-state index contributed by atoms with van der Waals surface area (Å²) in [7, 11) is 0. The number of para-hydroxylation sites is 1. The molecule has 1 N–H and O–H groups in total. The van der Waals surface area contributed by atoms with Crippen molar-refractivity contribution < 1.29 is 4.74 Å². The van der Waals surface area contributed by atoms with Crippen molar-refractivity contribution in [2.75, 3.05) is 50.8 Å². The van der Waals surface area contributed by atoms with E-state index in [-0.39, 0.29) is 0 Å². The predicted octanol–water partition coefficient (Wildman–Crippen LogP) is 1.32. The Morgan fingerprint density at radius 1 is 1.20 bits per heavy atom. The second kappa shape index (κ2) is 6.57. The van der Waals surface area contributed by atoms with Crippen LogP contribution < -0.4 is 10.2 Å². The Labute approximate surface area is 121 Å². The topological polar surface area (TPSA) is 27.7 Å². The zero-order valence-corrected chi connectivity index (χ0v) is 12.3. The number of nitrogens with zero attached hydrogens (tertiary/aromatic N) is 2. The highest BCUT2D eigenvalue weighted by molar-refractivity contribution is 5.53. The molecule has 0 unspecified atom stereocenters. The summed E-state index contributed by atoms with van der Waals surface area (Å²) in [6, 6.07) is 9.43. The van der Waals surface area contributed by atoms with Crippen LogP contribution in [-0.2, 0) is 11.3 Å². The molecule has 0 aliphatic carbocycles. The van der Waals surface area contributed by atoms with E-state index in [9.17, 15) is 0 Å². The molecule has 2 heterocycles. The third-order valence-electron chi connectivity index (χ3n) is 4.19. The largest absolute Gasteiger partial charge is 0.378 e. The molecule has 0 saturated carbocycles. The first kappa shape index (κ1) is 13.9. The Kier molecular flexibility index (Phi) is 4.55. The summed E-state index contributed by atoms with van der Waals surface area (Å²) >= 11 is 0. The van der Waals surface area contributed by atoms with Gasteiger partial charge < -0.3 is 15.0 Å². The molecule has 0 radical (unpaired) electrons. The number of anilines is 1. The maximum Gasteiger partial charge on any atom is 0.0642 e. The summed E-state index contributed by atoms with van der Waals surface area (Å²) in [6.45, 7) is 10.4. The molecule has 0 amide bonds. The molecule has 0 bridgehead atoms. The number of benzene rings is 1. The first-order chi connectivity index (χ1) is 9.83. The Balaban J connectivity index is 1.71. The van der Waals surface area contributed by atoms with Gasteiger partial charge in [-0.3, -0.25) is 4.90 Å². The maximum atomic E-state index is 5.46. The normalized spacial score (nSPS) is 24.9. The van der Waals surface area contributed by atoms with Crippen molar-refractivity contribution in [1.82, 2.24) is 10.2 Å². The Morgan fingerprint density at radius 3 is 2.80 bits per heavy atom. The number of nitrogens with one attached hydrogen (secondary N) is 1. The van der Waals surface area contributed by atoms with Gasteiger partial charge in [0.05, 0.1) is 13.2 Å². The number of rotatable bonds is 3. The Hall–Kier alpha value is -1.10. The highest BCUT2D eigenvalue weighted by atomic mass is 16.5. The molecule has 1 aromatic rings. The molecule has 0 spiro atoms. The Morgan fingerprint density at radius 2 is 2.00 bits per heavy atom. The molecule has 2 saturated heterocycles. The van der Waals surface area contributed by atoms with E-state index in [1.165, 1.54) is 11.3 Å². The van der Waals surface area contributed by atoms with E-state index >= 15 is 0 Å². The van der Waals surface area contributed by atoms with Gasteiger partial charge in [0.15, 0.2) is 0 Å². The monoisotopic (exact) mass is 275 g/mol. The summed E-state index contributed by atoms with van der Waals surface area (Å²) in [5, 5.41) is 3.51. The first-order valence-corrected chi connectivity index (χ1v) is 7.69. The van der Waals surface area contributed by atoms with Crippen LogP contribution >= 0.6 is 0 Å². The lowest BCUT2D eigenvalue weighted by molar-refractivity contribution is 0.122. The van der Waals surface area contributed by atoms with Crippen LogP contribution in [0, 0.1) is 0 Å². The van der Waals surface area contributed by atoms with Crippen LogP contribution in [-0.4, -0.2) is 56.9 Å². The standard InChI is InChI=1S/C16H25N3O/c1-14-12-18(7-6-17-14)13-15-4-2-3-5-16(15)19-8-10-20-11-9-19/h2-5,14,17H,6-13H2,1H3/t14-/m1/s1. The van der Waals surface area contributed by atoms with Gasteiger partial charge >= 0.3 is 0 Å². The smallest absolute Gasteiger partial charge is 0.0642 e. The third-order valence-corrected chi connectivity index (χ3v) is 4.19. The van der Waals surface area contributed by atoms with Gasteiger partial charge in [0.2, 0.25) is 0 Å². The van der Waals surface area contributed by atoms with Gasteiger partial charge in [-0.25, -0.2) is 0 Å². The molecular weight excluding hydrogens is 250 g/mol. The van der Waals surface area contributed by atoms with Crippen molar-refractivity contribution in [3.05, 3.63) is 29.8 Å². The molecule has 1 atom stereocenters. The van der Waals surface area contributed by atoms with Crippen molar-refractivity contribution in [2.24, 2.45) is 0 Å². The molecule has 4 heteroatoms. The number of hydrogen-bond donors (Lipinski definition) is 1. The minimum atomic E-state index is 0.597. The molecule has 4 nitrogen and oxygen atoms in total. The number of piperazine rings is 1. The van der Waals surface area contributed by atoms with E-state index in [1.807, 2.05) is 0 Å². The molecule has 110 valence electrons. The van der Waals surface area contributed by atoms with E-state index in [2.05, 4.69) is 46.3 Å². The van der Waals surface area contributed by atoms with Crippen LogP contribution in [0.4, 0.5) is 5.69 Å². The zero-order chi connectivity index (χ0) is 13.8. The van der Waals surface area contributed by atoms with Crippen LogP contribution in [0.3, 0.4) is 0 Å². The second-order valence-corrected chi connectivity index (χ2v) is 5.82. The van der Waals surface area contributed by atoms with E-state index in [0.29, 0.717) is 6.04 Å². The van der Waals surface area contributed by atoms with Crippen molar-refractivity contribution in [2.45, 2.75) is 19.5 Å². The molecule has 2 aliphatic heterocycles. The van der Waals surface area contributed by atoms with Crippen molar-refractivity contribution in [1.29, 1.82) is 0 Å². The second-order valence-electron chi connectivity index (χ2n) is 5.82. The average Bonchev–Trinajstić information content (AvgIpc) is 2.49. The van der Waals surface area contributed by atoms with E-state index in [0.717, 1.165) is 52.5 Å². The fraction of sp³-hybridized carbons (Fsp3) is 0.625. The summed E-state index contributed by atoms with van der Waals surface area (Å²) in [6.07, 6.45) is 0. The average molecular weight is 275 g/mol. The van der Waals surface area contributed by atoms with Gasteiger partial charge in [0.1, 0.15) is 0 Å². The maximum absolute atomic E-state index is 5.46. The number of ether oxygens (including phenoxy) is 1. The number of morpholine rings is 1. The van der Waals surface area contributed by atoms with Gasteiger partial charge in [0, 0.05) is 51.0 Å². The van der Waals surface area contributed by atoms with Crippen molar-refractivity contribution >= 4 is 5.69 Å². The van der Waals surface area contributed by atoms with Crippen molar-refractivity contribution in [3.63, 3.8) is 0 Å². The number of hydrogen-bond acceptors (Lipinski definition) is 4. The van der Waals surface area contributed by atoms with Gasteiger partial charge in [0.25, 0.3) is 0 Å². The van der Waals surface area contributed by atoms with Crippen LogP contribution in [0.5, 0.6) is 0 Å². The lowest BCUT2D eigenvalue weighted by atomic mass is 10.1. The lowest BCUT2D eigenvalue weighted by Crippen LogP contribution is -2.48. The summed E-state index contributed by atoms with van der Waals surface area (Å²) in [4.78, 5) is 5.02. The summed E-state index contributed by atoms with van der Waals surface area (Å²) in [5.41, 5.74) is 2.84.